The number of carbonyl (C=O) groups excluding carboxylic acids is 4. The monoisotopic (exact) mass is 820 g/mol. The topological polar surface area (TPSA) is 123 Å². The molecule has 10 nitrogen and oxygen atoms in total. The molecule has 10 heteroatoms. The van der Waals surface area contributed by atoms with E-state index in [9.17, 15) is 19.2 Å². The molecule has 1 aliphatic heterocycles. The molecule has 0 saturated carbocycles. The van der Waals surface area contributed by atoms with Gasteiger partial charge < -0.3 is 24.8 Å². The van der Waals surface area contributed by atoms with Crippen LogP contribution in [0.5, 0.6) is 0 Å². The molecular formula is C50H69N5O5. The summed E-state index contributed by atoms with van der Waals surface area (Å²) in [6.07, 6.45) is 16.0. The van der Waals surface area contributed by atoms with Crippen LogP contribution in [0.3, 0.4) is 0 Å². The van der Waals surface area contributed by atoms with Crippen LogP contribution in [0.25, 0.3) is 0 Å². The van der Waals surface area contributed by atoms with E-state index in [0.29, 0.717) is 44.7 Å². The normalized spacial score (nSPS) is 15.2. The number of rotatable bonds is 19. The number of aromatic nitrogens is 2. The summed E-state index contributed by atoms with van der Waals surface area (Å²) >= 11 is 0. The van der Waals surface area contributed by atoms with Crippen molar-refractivity contribution < 1.29 is 23.9 Å². The molecule has 3 aromatic rings. The van der Waals surface area contributed by atoms with Crippen LogP contribution in [-0.4, -0.2) is 68.1 Å². The lowest BCUT2D eigenvalue weighted by Crippen LogP contribution is -2.56. The molecule has 2 aromatic carbocycles. The highest BCUT2D eigenvalue weighted by molar-refractivity contribution is 5.92. The third-order valence-corrected chi connectivity index (χ3v) is 10.6. The molecule has 2 N–H and O–H groups in total. The largest absolute Gasteiger partial charge is 0.474 e. The van der Waals surface area contributed by atoms with E-state index in [2.05, 4.69) is 53.0 Å². The van der Waals surface area contributed by atoms with Crippen LogP contribution in [-0.2, 0) is 35.8 Å². The molecule has 2 heterocycles. The maximum atomic E-state index is 13.8. The van der Waals surface area contributed by atoms with Crippen LogP contribution in [0.15, 0.2) is 122 Å². The first-order valence-corrected chi connectivity index (χ1v) is 21.2. The first-order valence-electron chi connectivity index (χ1n) is 21.2. The molecule has 1 saturated heterocycles. The van der Waals surface area contributed by atoms with Crippen molar-refractivity contribution in [3.05, 3.63) is 139 Å². The number of hydrogen-bond acceptors (Lipinski definition) is 7. The molecule has 0 spiro atoms. The zero-order valence-corrected chi connectivity index (χ0v) is 37.6. The number of carbonyl (C=O) groups is 4. The van der Waals surface area contributed by atoms with E-state index in [4.69, 9.17) is 4.74 Å². The lowest BCUT2D eigenvalue weighted by atomic mass is 9.68. The van der Waals surface area contributed by atoms with Crippen LogP contribution < -0.4 is 10.6 Å². The number of allylic oxidation sites excluding steroid dienone is 4. The Morgan fingerprint density at radius 2 is 1.60 bits per heavy atom. The van der Waals surface area contributed by atoms with Gasteiger partial charge in [-0.15, -0.1) is 0 Å². The van der Waals surface area contributed by atoms with Crippen LogP contribution in [0, 0.1) is 6.92 Å². The molecule has 1 fully saturated rings. The van der Waals surface area contributed by atoms with Crippen molar-refractivity contribution in [2.24, 2.45) is 0 Å². The van der Waals surface area contributed by atoms with E-state index in [1.807, 2.05) is 112 Å². The standard InChI is InChI=1S/C28H35N3O2.C22H34N2O3/c1-5-8-13-23(7-3)26(31-20-22(4)29-21-31)27(33)30-18-16-28(17-19-30,25(32)12-6-2)24-14-10-9-11-15-24;1-16(25)19(15-11-14-18-12-9-8-10-13-18)23-20(26)22(6,7)24-17(2)27-21(3,4)5/h5,7-11,13-15,20-21,26H,1,6,12,16-19H2,2-4H3;8-10,12-13,19,24H,2,11,14-15H2,1,3-7H3,(H,23,26)/b13-8-,23-7+;. The summed E-state index contributed by atoms with van der Waals surface area (Å²) in [7, 11) is 0. The maximum absolute atomic E-state index is 13.8. The average Bonchev–Trinajstić information content (AvgIpc) is 3.63. The number of hydrogen-bond donors (Lipinski definition) is 2. The molecule has 4 rings (SSSR count). The highest BCUT2D eigenvalue weighted by atomic mass is 16.5. The fourth-order valence-corrected chi connectivity index (χ4v) is 7.45. The van der Waals surface area contributed by atoms with Crippen molar-refractivity contribution >= 4 is 23.4 Å². The molecule has 324 valence electrons. The summed E-state index contributed by atoms with van der Waals surface area (Å²) in [6.45, 7) is 25.3. The number of ketones is 2. The number of Topliss-reactive ketones (excluding diaryl/α,β-unsaturated/α-hetero) is 2. The molecule has 60 heavy (non-hydrogen) atoms. The van der Waals surface area contributed by atoms with Crippen LogP contribution >= 0.6 is 0 Å². The summed E-state index contributed by atoms with van der Waals surface area (Å²) in [5.74, 6) is 0.330. The summed E-state index contributed by atoms with van der Waals surface area (Å²) in [6, 6.07) is 19.2. The first-order chi connectivity index (χ1) is 28.4. The summed E-state index contributed by atoms with van der Waals surface area (Å²) in [4.78, 5) is 58.0. The Hall–Kier alpha value is -5.51. The number of nitrogens with zero attached hydrogens (tertiary/aromatic N) is 3. The summed E-state index contributed by atoms with van der Waals surface area (Å²) in [5.41, 5.74) is 2.18. The maximum Gasteiger partial charge on any atom is 0.250 e. The van der Waals surface area contributed by atoms with Crippen molar-refractivity contribution in [2.45, 2.75) is 136 Å². The molecular weight excluding hydrogens is 751 g/mol. The van der Waals surface area contributed by atoms with Gasteiger partial charge in [-0.05, 0) is 117 Å². The van der Waals surface area contributed by atoms with E-state index in [0.717, 1.165) is 36.1 Å². The van der Waals surface area contributed by atoms with E-state index >= 15 is 0 Å². The molecule has 1 aromatic heterocycles. The second-order valence-electron chi connectivity index (χ2n) is 17.1. The SMILES string of the molecule is C=C(NC(C)(C)C(=O)NC(CCCc1ccccc1)C(C)=O)OC(C)(C)C.C=C/C=C\C(=C/C)C(C(=O)N1CCC(C(=O)CCC)(c2ccccc2)CC1)n1cnc(C)c1. The van der Waals surface area contributed by atoms with Gasteiger partial charge in [0.25, 0.3) is 0 Å². The Kier molecular flexibility index (Phi) is 18.5. The predicted molar refractivity (Wildman–Crippen MR) is 242 cm³/mol. The van der Waals surface area contributed by atoms with Gasteiger partial charge in [-0.25, -0.2) is 4.98 Å². The smallest absolute Gasteiger partial charge is 0.250 e. The molecule has 0 bridgehead atoms. The van der Waals surface area contributed by atoms with Crippen LogP contribution in [0.4, 0.5) is 0 Å². The number of amides is 2. The number of aryl methyl sites for hydroxylation is 2. The average molecular weight is 820 g/mol. The van der Waals surface area contributed by atoms with E-state index in [1.54, 1.807) is 26.3 Å². The summed E-state index contributed by atoms with van der Waals surface area (Å²) < 4.78 is 7.51. The molecule has 2 unspecified atom stereocenters. The molecule has 2 amide bonds. The number of ether oxygens (including phenoxy) is 1. The number of benzene rings is 2. The Morgan fingerprint density at radius 3 is 2.12 bits per heavy atom. The Labute approximate surface area is 359 Å². The number of imidazole rings is 1. The number of nitrogens with one attached hydrogen (secondary N) is 2. The molecule has 0 radical (unpaired) electrons. The lowest BCUT2D eigenvalue weighted by molar-refractivity contribution is -0.138. The van der Waals surface area contributed by atoms with Crippen molar-refractivity contribution in [2.75, 3.05) is 13.1 Å². The van der Waals surface area contributed by atoms with Gasteiger partial charge >= 0.3 is 0 Å². The van der Waals surface area contributed by atoms with E-state index in [-0.39, 0.29) is 23.4 Å². The van der Waals surface area contributed by atoms with Crippen molar-refractivity contribution in [1.29, 1.82) is 0 Å². The van der Waals surface area contributed by atoms with Crippen LogP contribution in [0.2, 0.25) is 0 Å². The van der Waals surface area contributed by atoms with E-state index < -0.39 is 28.6 Å². The van der Waals surface area contributed by atoms with Crippen molar-refractivity contribution in [1.82, 2.24) is 25.1 Å². The zero-order valence-electron chi connectivity index (χ0n) is 37.6. The predicted octanol–water partition coefficient (Wildman–Crippen LogP) is 9.09. The highest BCUT2D eigenvalue weighted by Gasteiger charge is 2.44. The van der Waals surface area contributed by atoms with Gasteiger partial charge in [0.15, 0.2) is 11.7 Å². The fraction of sp³-hybridized carbons (Fsp3) is 0.460. The highest BCUT2D eigenvalue weighted by Crippen LogP contribution is 2.39. The Bertz CT molecular complexity index is 1950. The van der Waals surface area contributed by atoms with Crippen molar-refractivity contribution in [3.63, 3.8) is 0 Å². The minimum Gasteiger partial charge on any atom is -0.474 e. The number of piperidine rings is 1. The third-order valence-electron chi connectivity index (χ3n) is 10.6. The van der Waals surface area contributed by atoms with E-state index in [1.165, 1.54) is 12.5 Å². The quantitative estimate of drug-likeness (QED) is 0.0914. The van der Waals surface area contributed by atoms with Gasteiger partial charge in [-0.1, -0.05) is 98.5 Å². The van der Waals surface area contributed by atoms with Gasteiger partial charge in [0.1, 0.15) is 23.0 Å². The molecule has 0 aliphatic carbocycles. The second kappa shape index (κ2) is 22.7. The van der Waals surface area contributed by atoms with Gasteiger partial charge in [0.05, 0.1) is 23.5 Å². The third kappa shape index (κ3) is 14.3. The molecule has 2 atom stereocenters. The minimum atomic E-state index is -0.949. The lowest BCUT2D eigenvalue weighted by Gasteiger charge is -2.42. The molecule has 1 aliphatic rings. The summed E-state index contributed by atoms with van der Waals surface area (Å²) in [5, 5.41) is 5.86. The fourth-order valence-electron chi connectivity index (χ4n) is 7.45. The number of likely N-dealkylation sites (tertiary alicyclic amines) is 1. The minimum absolute atomic E-state index is 0.0267. The Morgan fingerprint density at radius 1 is 0.983 bits per heavy atom. The van der Waals surface area contributed by atoms with Crippen LogP contribution in [0.1, 0.15) is 117 Å². The van der Waals surface area contributed by atoms with Gasteiger partial charge in [0.2, 0.25) is 11.8 Å². The Balaban J connectivity index is 0.000000328. The van der Waals surface area contributed by atoms with Gasteiger partial charge in [-0.2, -0.15) is 0 Å². The zero-order chi connectivity index (χ0) is 44.5. The second-order valence-corrected chi connectivity index (χ2v) is 17.1. The van der Waals surface area contributed by atoms with Gasteiger partial charge in [0, 0.05) is 25.7 Å². The van der Waals surface area contributed by atoms with Crippen molar-refractivity contribution in [3.8, 4) is 0 Å². The van der Waals surface area contributed by atoms with Gasteiger partial charge in [-0.3, -0.25) is 19.2 Å². The first kappa shape index (κ1) is 48.9.